The van der Waals surface area contributed by atoms with Crippen LogP contribution in [-0.2, 0) is 24.1 Å². The SMILES string of the molecule is CNC(=O)N1CCc2c(c(N3CCCc4cc(-c5cnn(C(C)C)c5)c(C(F)F)cc43)nn2C2CCOCC2)C1. The van der Waals surface area contributed by atoms with E-state index in [1.54, 1.807) is 28.9 Å². The number of carbonyl (C=O) groups is 1. The lowest BCUT2D eigenvalue weighted by atomic mass is 9.92. The number of hydrogen-bond acceptors (Lipinski definition) is 5. The zero-order valence-corrected chi connectivity index (χ0v) is 23.4. The molecule has 6 rings (SSSR count). The van der Waals surface area contributed by atoms with Crippen LogP contribution in [0, 0.1) is 0 Å². The number of hydrogen-bond donors (Lipinski definition) is 1. The molecule has 0 spiro atoms. The normalized spacial score (nSPS) is 17.9. The van der Waals surface area contributed by atoms with Gasteiger partial charge in [0.2, 0.25) is 0 Å². The maximum atomic E-state index is 14.5. The van der Waals surface area contributed by atoms with Crippen LogP contribution in [0.1, 0.15) is 74.0 Å². The van der Waals surface area contributed by atoms with Crippen LogP contribution in [-0.4, -0.2) is 63.8 Å². The third-order valence-corrected chi connectivity index (χ3v) is 8.40. The third-order valence-electron chi connectivity index (χ3n) is 8.40. The van der Waals surface area contributed by atoms with Gasteiger partial charge in [0.05, 0.1) is 18.8 Å². The second-order valence-electron chi connectivity index (χ2n) is 11.2. The van der Waals surface area contributed by atoms with Crippen LogP contribution in [0.4, 0.5) is 25.1 Å². The van der Waals surface area contributed by atoms with E-state index in [4.69, 9.17) is 9.84 Å². The number of aryl methyl sites for hydroxylation is 1. The van der Waals surface area contributed by atoms with Gasteiger partial charge >= 0.3 is 6.03 Å². The number of aromatic nitrogens is 4. The fourth-order valence-corrected chi connectivity index (χ4v) is 6.27. The number of nitrogens with one attached hydrogen (secondary N) is 1. The van der Waals surface area contributed by atoms with Gasteiger partial charge in [-0.25, -0.2) is 13.6 Å². The number of urea groups is 1. The minimum absolute atomic E-state index is 0.00123. The van der Waals surface area contributed by atoms with Crippen LogP contribution in [0.25, 0.3) is 11.1 Å². The van der Waals surface area contributed by atoms with Crippen LogP contribution >= 0.6 is 0 Å². The summed E-state index contributed by atoms with van der Waals surface area (Å²) in [6, 6.07) is 3.82. The molecule has 1 N–H and O–H groups in total. The molecule has 214 valence electrons. The highest BCUT2D eigenvalue weighted by Gasteiger charge is 2.34. The average molecular weight is 554 g/mol. The number of fused-ring (bicyclic) bond motifs is 2. The first kappa shape index (κ1) is 26.7. The number of benzene rings is 1. The van der Waals surface area contributed by atoms with Gasteiger partial charge in [-0.1, -0.05) is 0 Å². The summed E-state index contributed by atoms with van der Waals surface area (Å²) in [5, 5.41) is 12.3. The fraction of sp³-hybridized carbons (Fsp3) is 0.552. The number of amides is 2. The molecule has 2 aromatic heterocycles. The van der Waals surface area contributed by atoms with Crippen molar-refractivity contribution in [1.82, 2.24) is 29.8 Å². The van der Waals surface area contributed by atoms with Gasteiger partial charge in [-0.05, 0) is 62.8 Å². The Balaban J connectivity index is 1.45. The van der Waals surface area contributed by atoms with Crippen molar-refractivity contribution < 1.29 is 18.3 Å². The number of rotatable bonds is 5. The number of ether oxygens (including phenoxy) is 1. The molecule has 0 bridgehead atoms. The monoisotopic (exact) mass is 553 g/mol. The standard InChI is InChI=1S/C29H37F2N7O2/c1-18(2)37-16-20(15-33-37)22-13-19-5-4-9-36(26(19)14-23(22)27(30)31)28-24-17-35(29(39)32-3)10-6-25(24)38(34-28)21-7-11-40-12-8-21/h13-16,18,21,27H,4-12,17H2,1-3H3,(H,32,39). The summed E-state index contributed by atoms with van der Waals surface area (Å²) in [5.74, 6) is 0.775. The Labute approximate surface area is 233 Å². The fourth-order valence-electron chi connectivity index (χ4n) is 6.27. The smallest absolute Gasteiger partial charge is 0.317 e. The largest absolute Gasteiger partial charge is 0.381 e. The topological polar surface area (TPSA) is 80.5 Å². The number of alkyl halides is 2. The molecule has 9 nitrogen and oxygen atoms in total. The molecule has 0 aliphatic carbocycles. The van der Waals surface area contributed by atoms with Crippen LogP contribution < -0.4 is 10.2 Å². The molecule has 5 heterocycles. The molecule has 1 fully saturated rings. The van der Waals surface area contributed by atoms with E-state index in [-0.39, 0.29) is 23.7 Å². The average Bonchev–Trinajstić information content (AvgIpc) is 3.62. The number of halogens is 2. The molecule has 3 aliphatic heterocycles. The summed E-state index contributed by atoms with van der Waals surface area (Å²) >= 11 is 0. The Morgan fingerprint density at radius 2 is 1.95 bits per heavy atom. The highest BCUT2D eigenvalue weighted by atomic mass is 19.3. The van der Waals surface area contributed by atoms with Gasteiger partial charge in [0, 0.05) is 80.1 Å². The van der Waals surface area contributed by atoms with Crippen molar-refractivity contribution in [3.63, 3.8) is 0 Å². The summed E-state index contributed by atoms with van der Waals surface area (Å²) in [6.45, 7) is 7.15. The van der Waals surface area contributed by atoms with Crippen LogP contribution in [0.3, 0.4) is 0 Å². The van der Waals surface area contributed by atoms with Gasteiger partial charge in [-0.15, -0.1) is 0 Å². The molecule has 1 aromatic carbocycles. The van der Waals surface area contributed by atoms with Crippen molar-refractivity contribution in [3.05, 3.63) is 46.9 Å². The highest BCUT2D eigenvalue weighted by molar-refractivity contribution is 5.78. The van der Waals surface area contributed by atoms with Crippen LogP contribution in [0.15, 0.2) is 24.5 Å². The quantitative estimate of drug-likeness (QED) is 0.458. The molecular weight excluding hydrogens is 516 g/mol. The highest BCUT2D eigenvalue weighted by Crippen LogP contribution is 2.43. The zero-order chi connectivity index (χ0) is 28.0. The molecule has 2 amide bonds. The first-order chi connectivity index (χ1) is 19.4. The van der Waals surface area contributed by atoms with Crippen molar-refractivity contribution in [2.75, 3.05) is 38.3 Å². The maximum Gasteiger partial charge on any atom is 0.317 e. The summed E-state index contributed by atoms with van der Waals surface area (Å²) in [7, 11) is 1.64. The van der Waals surface area contributed by atoms with Crippen molar-refractivity contribution in [2.24, 2.45) is 0 Å². The second-order valence-corrected chi connectivity index (χ2v) is 11.2. The predicted molar refractivity (Wildman–Crippen MR) is 148 cm³/mol. The molecular formula is C29H37F2N7O2. The Hall–Kier alpha value is -3.47. The molecule has 11 heteroatoms. The Morgan fingerprint density at radius 1 is 1.15 bits per heavy atom. The summed E-state index contributed by atoms with van der Waals surface area (Å²) in [5.41, 5.74) is 5.18. The zero-order valence-electron chi connectivity index (χ0n) is 23.4. The lowest BCUT2D eigenvalue weighted by Crippen LogP contribution is -2.42. The lowest BCUT2D eigenvalue weighted by Gasteiger charge is -2.33. The third kappa shape index (κ3) is 4.74. The maximum absolute atomic E-state index is 14.5. The van der Waals surface area contributed by atoms with Gasteiger partial charge in [0.15, 0.2) is 5.82 Å². The summed E-state index contributed by atoms with van der Waals surface area (Å²) in [4.78, 5) is 16.5. The van der Waals surface area contributed by atoms with Crippen LogP contribution in [0.5, 0.6) is 0 Å². The van der Waals surface area contributed by atoms with Gasteiger partial charge in [-0.2, -0.15) is 10.2 Å². The van der Waals surface area contributed by atoms with E-state index >= 15 is 0 Å². The van der Waals surface area contributed by atoms with E-state index in [1.807, 2.05) is 26.1 Å². The minimum atomic E-state index is -2.64. The first-order valence-electron chi connectivity index (χ1n) is 14.3. The van der Waals surface area contributed by atoms with Crippen molar-refractivity contribution in [3.8, 4) is 11.1 Å². The minimum Gasteiger partial charge on any atom is -0.381 e. The Kier molecular flexibility index (Phi) is 7.24. The molecule has 0 atom stereocenters. The van der Waals surface area contributed by atoms with E-state index in [0.29, 0.717) is 50.4 Å². The van der Waals surface area contributed by atoms with Gasteiger partial charge in [0.1, 0.15) is 0 Å². The predicted octanol–water partition coefficient (Wildman–Crippen LogP) is 5.40. The second kappa shape index (κ2) is 10.8. The van der Waals surface area contributed by atoms with Gasteiger partial charge < -0.3 is 19.9 Å². The first-order valence-corrected chi connectivity index (χ1v) is 14.3. The molecule has 0 radical (unpaired) electrons. The Bertz CT molecular complexity index is 1390. The van der Waals surface area contributed by atoms with Gasteiger partial charge in [0.25, 0.3) is 6.43 Å². The van der Waals surface area contributed by atoms with Gasteiger partial charge in [-0.3, -0.25) is 9.36 Å². The van der Waals surface area contributed by atoms with Crippen molar-refractivity contribution in [1.29, 1.82) is 0 Å². The molecule has 3 aliphatic rings. The van der Waals surface area contributed by atoms with E-state index in [0.717, 1.165) is 54.0 Å². The Morgan fingerprint density at radius 3 is 2.65 bits per heavy atom. The molecule has 3 aromatic rings. The van der Waals surface area contributed by atoms with Crippen molar-refractivity contribution >= 4 is 17.5 Å². The van der Waals surface area contributed by atoms with E-state index in [1.165, 1.54) is 0 Å². The van der Waals surface area contributed by atoms with E-state index in [9.17, 15) is 13.6 Å². The van der Waals surface area contributed by atoms with Crippen molar-refractivity contribution in [2.45, 2.75) is 71.0 Å². The number of anilines is 2. The number of carbonyl (C=O) groups excluding carboxylic acids is 1. The van der Waals surface area contributed by atoms with E-state index in [2.05, 4.69) is 20.0 Å². The number of nitrogens with zero attached hydrogens (tertiary/aromatic N) is 6. The van der Waals surface area contributed by atoms with Crippen LogP contribution in [0.2, 0.25) is 0 Å². The molecule has 40 heavy (non-hydrogen) atoms. The molecule has 1 saturated heterocycles. The van der Waals surface area contributed by atoms with E-state index < -0.39 is 6.43 Å². The molecule has 0 saturated carbocycles. The summed E-state index contributed by atoms with van der Waals surface area (Å²) in [6.07, 6.45) is 5.03. The lowest BCUT2D eigenvalue weighted by molar-refractivity contribution is 0.0651. The molecule has 0 unspecified atom stereocenters. The summed E-state index contributed by atoms with van der Waals surface area (Å²) < 4.78 is 38.6.